The van der Waals surface area contributed by atoms with Gasteiger partial charge in [0.2, 0.25) is 0 Å². The van der Waals surface area contributed by atoms with Crippen LogP contribution in [-0.4, -0.2) is 16.0 Å². The summed E-state index contributed by atoms with van der Waals surface area (Å²) in [5.74, 6) is -0.835. The van der Waals surface area contributed by atoms with Crippen LogP contribution in [0.1, 0.15) is 11.6 Å². The van der Waals surface area contributed by atoms with Gasteiger partial charge in [-0.05, 0) is 5.56 Å². The number of carbonyl (C=O) groups is 2. The molecule has 1 aromatic carbocycles. The molecule has 1 atom stereocenters. The molecule has 0 heterocycles. The summed E-state index contributed by atoms with van der Waals surface area (Å²) in [7, 11) is 0. The number of alkyl halides is 3. The second-order valence-electron chi connectivity index (χ2n) is 3.00. The van der Waals surface area contributed by atoms with Crippen molar-refractivity contribution in [2.75, 3.05) is 0 Å². The Balaban J connectivity index is 2.79. The van der Waals surface area contributed by atoms with Gasteiger partial charge in [-0.15, -0.1) is 0 Å². The normalized spacial score (nSPS) is 12.9. The van der Waals surface area contributed by atoms with E-state index in [-0.39, 0.29) is 0 Å². The molecule has 0 unspecified atom stereocenters. The van der Waals surface area contributed by atoms with Gasteiger partial charge in [-0.3, -0.25) is 4.79 Å². The molecule has 0 aromatic heterocycles. The lowest BCUT2D eigenvalue weighted by atomic mass is 10.1. The molecule has 0 fully saturated rings. The van der Waals surface area contributed by atoms with Crippen LogP contribution in [0, 0.1) is 0 Å². The largest absolute Gasteiger partial charge is 0.339 e. The van der Waals surface area contributed by atoms with Crippen LogP contribution in [0.5, 0.6) is 0 Å². The van der Waals surface area contributed by atoms with Gasteiger partial charge in [-0.25, -0.2) is 0 Å². The topological polar surface area (TPSA) is 46.2 Å². The molecule has 0 bridgehead atoms. The SMILES string of the molecule is O=C[C@H](NC(=O)C(Cl)(Cl)Cl)c1ccccc1. The highest BCUT2D eigenvalue weighted by molar-refractivity contribution is 6.76. The van der Waals surface area contributed by atoms with Crippen LogP contribution in [0.3, 0.4) is 0 Å². The molecule has 16 heavy (non-hydrogen) atoms. The Bertz CT molecular complexity index is 375. The van der Waals surface area contributed by atoms with E-state index >= 15 is 0 Å². The van der Waals surface area contributed by atoms with Crippen molar-refractivity contribution in [3.8, 4) is 0 Å². The van der Waals surface area contributed by atoms with Gasteiger partial charge in [0.05, 0.1) is 0 Å². The average Bonchev–Trinajstić information content (AvgIpc) is 2.25. The zero-order chi connectivity index (χ0) is 12.2. The van der Waals surface area contributed by atoms with Gasteiger partial charge in [0, 0.05) is 0 Å². The van der Waals surface area contributed by atoms with Crippen LogP contribution < -0.4 is 5.32 Å². The number of carbonyl (C=O) groups excluding carboxylic acids is 2. The first kappa shape index (κ1) is 13.3. The zero-order valence-corrected chi connectivity index (χ0v) is 10.3. The molecule has 0 saturated carbocycles. The molecule has 0 aliphatic rings. The summed E-state index contributed by atoms with van der Waals surface area (Å²) in [5.41, 5.74) is 0.625. The van der Waals surface area contributed by atoms with E-state index in [9.17, 15) is 9.59 Å². The standard InChI is InChI=1S/C10H8Cl3NO2/c11-10(12,13)9(16)14-8(6-15)7-4-2-1-3-5-7/h1-6,8H,(H,14,16)/t8-/m0/s1. The number of amides is 1. The van der Waals surface area contributed by atoms with Crippen LogP contribution in [0.15, 0.2) is 30.3 Å². The molecule has 6 heteroatoms. The van der Waals surface area contributed by atoms with Crippen molar-refractivity contribution in [2.24, 2.45) is 0 Å². The lowest BCUT2D eigenvalue weighted by molar-refractivity contribution is -0.123. The van der Waals surface area contributed by atoms with E-state index in [4.69, 9.17) is 34.8 Å². The highest BCUT2D eigenvalue weighted by Crippen LogP contribution is 2.27. The van der Waals surface area contributed by atoms with Crippen molar-refractivity contribution in [2.45, 2.75) is 9.83 Å². The van der Waals surface area contributed by atoms with E-state index in [0.717, 1.165) is 0 Å². The Labute approximate surface area is 108 Å². The molecule has 0 aliphatic heterocycles. The second-order valence-corrected chi connectivity index (χ2v) is 5.28. The minimum absolute atomic E-state index is 0.573. The highest BCUT2D eigenvalue weighted by atomic mass is 35.6. The number of aldehydes is 1. The number of hydrogen-bond acceptors (Lipinski definition) is 2. The van der Waals surface area contributed by atoms with E-state index in [1.54, 1.807) is 30.3 Å². The molecule has 1 aromatic rings. The van der Waals surface area contributed by atoms with E-state index in [2.05, 4.69) is 5.32 Å². The Hall–Kier alpha value is -0.770. The van der Waals surface area contributed by atoms with Gasteiger partial charge in [0.25, 0.3) is 9.70 Å². The third-order valence-electron chi connectivity index (χ3n) is 1.84. The molecule has 0 saturated heterocycles. The first-order valence-corrected chi connectivity index (χ1v) is 5.46. The molecular formula is C10H8Cl3NO2. The third-order valence-corrected chi connectivity index (χ3v) is 2.35. The predicted octanol–water partition coefficient (Wildman–Crippen LogP) is 2.41. The minimum atomic E-state index is -2.07. The lowest BCUT2D eigenvalue weighted by Gasteiger charge is -2.16. The summed E-state index contributed by atoms with van der Waals surface area (Å²) >= 11 is 16.1. The first-order chi connectivity index (χ1) is 7.45. The average molecular weight is 281 g/mol. The van der Waals surface area contributed by atoms with Gasteiger partial charge in [0.15, 0.2) is 0 Å². The van der Waals surface area contributed by atoms with Gasteiger partial charge in [-0.1, -0.05) is 65.1 Å². The minimum Gasteiger partial charge on any atom is -0.339 e. The Morgan fingerprint density at radius 2 is 1.81 bits per heavy atom. The number of nitrogens with one attached hydrogen (secondary N) is 1. The molecule has 1 N–H and O–H groups in total. The van der Waals surface area contributed by atoms with E-state index in [1.165, 1.54) is 0 Å². The summed E-state index contributed by atoms with van der Waals surface area (Å²) in [4.78, 5) is 22.2. The van der Waals surface area contributed by atoms with Gasteiger partial charge >= 0.3 is 0 Å². The Morgan fingerprint density at radius 3 is 2.25 bits per heavy atom. The molecule has 1 rings (SSSR count). The van der Waals surface area contributed by atoms with Gasteiger partial charge < -0.3 is 10.1 Å². The monoisotopic (exact) mass is 279 g/mol. The molecule has 86 valence electrons. The molecule has 0 radical (unpaired) electrons. The predicted molar refractivity (Wildman–Crippen MR) is 63.7 cm³/mol. The summed E-state index contributed by atoms with van der Waals surface area (Å²) in [5, 5.41) is 2.32. The number of hydrogen-bond donors (Lipinski definition) is 1. The third kappa shape index (κ3) is 3.67. The number of rotatable bonds is 3. The van der Waals surface area contributed by atoms with Crippen LogP contribution in [-0.2, 0) is 9.59 Å². The van der Waals surface area contributed by atoms with Crippen LogP contribution in [0.25, 0.3) is 0 Å². The molecule has 1 amide bonds. The maximum Gasteiger partial charge on any atom is 0.272 e. The van der Waals surface area contributed by atoms with Crippen LogP contribution in [0.4, 0.5) is 0 Å². The van der Waals surface area contributed by atoms with Crippen molar-refractivity contribution >= 4 is 47.0 Å². The lowest BCUT2D eigenvalue weighted by Crippen LogP contribution is -2.37. The van der Waals surface area contributed by atoms with Crippen molar-refractivity contribution in [1.29, 1.82) is 0 Å². The fraction of sp³-hybridized carbons (Fsp3) is 0.200. The summed E-state index contributed by atoms with van der Waals surface area (Å²) in [6.45, 7) is 0. The zero-order valence-electron chi connectivity index (χ0n) is 7.99. The fourth-order valence-electron chi connectivity index (χ4n) is 1.08. The van der Waals surface area contributed by atoms with Gasteiger partial charge in [-0.2, -0.15) is 0 Å². The quantitative estimate of drug-likeness (QED) is 0.683. The molecule has 0 spiro atoms. The summed E-state index contributed by atoms with van der Waals surface area (Å²) in [6, 6.07) is 7.85. The van der Waals surface area contributed by atoms with Crippen molar-refractivity contribution in [3.05, 3.63) is 35.9 Å². The van der Waals surface area contributed by atoms with Crippen molar-refractivity contribution in [1.82, 2.24) is 5.32 Å². The molecule has 0 aliphatic carbocycles. The number of halogens is 3. The van der Waals surface area contributed by atoms with Crippen molar-refractivity contribution in [3.63, 3.8) is 0 Å². The highest BCUT2D eigenvalue weighted by Gasteiger charge is 2.32. The summed E-state index contributed by atoms with van der Waals surface area (Å²) in [6.07, 6.45) is 0.573. The smallest absolute Gasteiger partial charge is 0.272 e. The Morgan fingerprint density at radius 1 is 1.25 bits per heavy atom. The number of benzene rings is 1. The maximum absolute atomic E-state index is 11.3. The van der Waals surface area contributed by atoms with E-state index in [1.807, 2.05) is 0 Å². The van der Waals surface area contributed by atoms with E-state index in [0.29, 0.717) is 11.8 Å². The second kappa shape index (κ2) is 5.53. The first-order valence-electron chi connectivity index (χ1n) is 4.33. The molecular weight excluding hydrogens is 272 g/mol. The Kier molecular flexibility index (Phi) is 4.59. The van der Waals surface area contributed by atoms with Crippen molar-refractivity contribution < 1.29 is 9.59 Å². The van der Waals surface area contributed by atoms with E-state index < -0.39 is 15.7 Å². The fourth-order valence-corrected chi connectivity index (χ4v) is 1.24. The van der Waals surface area contributed by atoms with Crippen LogP contribution >= 0.6 is 34.8 Å². The molecule has 3 nitrogen and oxygen atoms in total. The van der Waals surface area contributed by atoms with Gasteiger partial charge in [0.1, 0.15) is 12.3 Å². The maximum atomic E-state index is 11.3. The van der Waals surface area contributed by atoms with Crippen LogP contribution in [0.2, 0.25) is 0 Å². The summed E-state index contributed by atoms with van der Waals surface area (Å²) < 4.78 is -2.07.